The van der Waals surface area contributed by atoms with Crippen LogP contribution in [0.5, 0.6) is 0 Å². The largest absolute Gasteiger partial charge is 0.379 e. The molecule has 73 valence electrons. The number of rotatable bonds is 7. The Morgan fingerprint density at radius 1 is 1.17 bits per heavy atom. The minimum Gasteiger partial charge on any atom is -0.379 e. The third kappa shape index (κ3) is 10.2. The van der Waals surface area contributed by atoms with Gasteiger partial charge < -0.3 is 4.74 Å². The zero-order valence-corrected chi connectivity index (χ0v) is 10.0. The first-order valence-corrected chi connectivity index (χ1v) is 8.70. The van der Waals surface area contributed by atoms with Crippen LogP contribution >= 0.6 is 0 Å². The molecule has 0 saturated carbocycles. The lowest BCUT2D eigenvalue weighted by atomic mass is 10.2. The van der Waals surface area contributed by atoms with Gasteiger partial charge in [0.15, 0.2) is 0 Å². The van der Waals surface area contributed by atoms with Gasteiger partial charge >= 0.3 is 0 Å². The molecule has 0 atom stereocenters. The molecule has 1 radical (unpaired) electrons. The van der Waals surface area contributed by atoms with Crippen LogP contribution in [0.4, 0.5) is 0 Å². The fourth-order valence-corrected chi connectivity index (χ4v) is 1.49. The third-order valence-electron chi connectivity index (χ3n) is 1.56. The van der Waals surface area contributed by atoms with E-state index in [4.69, 9.17) is 4.74 Å². The molecule has 0 saturated heterocycles. The van der Waals surface area contributed by atoms with E-state index in [-0.39, 0.29) is 0 Å². The van der Waals surface area contributed by atoms with Crippen molar-refractivity contribution in [2.45, 2.75) is 52.2 Å². The summed E-state index contributed by atoms with van der Waals surface area (Å²) >= 11 is 0. The summed E-state index contributed by atoms with van der Waals surface area (Å²) in [6, 6.07) is 0. The Balaban J connectivity index is 3.01. The van der Waals surface area contributed by atoms with Crippen LogP contribution in [0, 0.1) is 6.61 Å². The molecule has 0 amide bonds. The van der Waals surface area contributed by atoms with Crippen molar-refractivity contribution >= 4 is 8.07 Å². The maximum absolute atomic E-state index is 5.48. The molecule has 1 nitrogen and oxygen atoms in total. The summed E-state index contributed by atoms with van der Waals surface area (Å²) in [7, 11) is -0.979. The fourth-order valence-electron chi connectivity index (χ4n) is 0.870. The molecule has 0 spiro atoms. The minimum atomic E-state index is -0.979. The van der Waals surface area contributed by atoms with Gasteiger partial charge in [0.25, 0.3) is 0 Å². The van der Waals surface area contributed by atoms with E-state index in [1.54, 1.807) is 0 Å². The second kappa shape index (κ2) is 6.67. The molecule has 0 bridgehead atoms. The van der Waals surface area contributed by atoms with Crippen molar-refractivity contribution in [3.63, 3.8) is 0 Å². The topological polar surface area (TPSA) is 9.23 Å². The van der Waals surface area contributed by atoms with Crippen LogP contribution in [-0.4, -0.2) is 14.3 Å². The molecule has 0 fully saturated rings. The van der Waals surface area contributed by atoms with Gasteiger partial charge in [-0.15, -0.1) is 0 Å². The molecule has 0 aromatic rings. The van der Waals surface area contributed by atoms with E-state index in [1.807, 2.05) is 6.61 Å². The molecule has 0 heterocycles. The summed E-state index contributed by atoms with van der Waals surface area (Å²) in [4.78, 5) is 0. The monoisotopic (exact) mass is 187 g/mol. The van der Waals surface area contributed by atoms with E-state index in [0.717, 1.165) is 12.7 Å². The Labute approximate surface area is 78.5 Å². The predicted molar refractivity (Wildman–Crippen MR) is 57.7 cm³/mol. The molecule has 0 N–H and O–H groups in total. The average Bonchev–Trinajstić information content (AvgIpc) is 1.94. The van der Waals surface area contributed by atoms with Crippen molar-refractivity contribution in [2.75, 3.05) is 6.23 Å². The maximum atomic E-state index is 5.48. The Hall–Kier alpha value is 0.177. The number of unbranched alkanes of at least 4 members (excludes halogenated alkanes) is 3. The molecular weight excluding hydrogens is 164 g/mol. The predicted octanol–water partition coefficient (Wildman–Crippen LogP) is 3.62. The Kier molecular flexibility index (Phi) is 6.77. The van der Waals surface area contributed by atoms with Crippen molar-refractivity contribution < 1.29 is 4.74 Å². The van der Waals surface area contributed by atoms with Crippen molar-refractivity contribution in [3.05, 3.63) is 6.61 Å². The first kappa shape index (κ1) is 12.2. The Morgan fingerprint density at radius 3 is 2.33 bits per heavy atom. The third-order valence-corrected chi connectivity index (χ3v) is 2.59. The lowest BCUT2D eigenvalue weighted by molar-refractivity contribution is 0.234. The minimum absolute atomic E-state index is 0.971. The van der Waals surface area contributed by atoms with E-state index in [2.05, 4.69) is 26.6 Å². The average molecular weight is 187 g/mol. The first-order valence-electron chi connectivity index (χ1n) is 4.99. The van der Waals surface area contributed by atoms with Crippen LogP contribution in [0.25, 0.3) is 0 Å². The smallest absolute Gasteiger partial charge is 0.0832 e. The van der Waals surface area contributed by atoms with Gasteiger partial charge in [-0.25, -0.2) is 0 Å². The highest BCUT2D eigenvalue weighted by molar-refractivity contribution is 6.76. The lowest BCUT2D eigenvalue weighted by Gasteiger charge is -2.15. The van der Waals surface area contributed by atoms with Gasteiger partial charge in [-0.05, 0) is 6.42 Å². The highest BCUT2D eigenvalue weighted by Crippen LogP contribution is 2.05. The van der Waals surface area contributed by atoms with E-state index in [9.17, 15) is 0 Å². The summed E-state index contributed by atoms with van der Waals surface area (Å²) < 4.78 is 5.48. The molecule has 0 aliphatic rings. The van der Waals surface area contributed by atoms with Crippen LogP contribution in [0.2, 0.25) is 19.6 Å². The SMILES string of the molecule is CCCCC[CH]OC[Si](C)(C)C. The van der Waals surface area contributed by atoms with Crippen molar-refractivity contribution in [1.82, 2.24) is 0 Å². The molecule has 2 heteroatoms. The second-order valence-corrected chi connectivity index (χ2v) is 9.94. The van der Waals surface area contributed by atoms with Crippen LogP contribution < -0.4 is 0 Å². The highest BCUT2D eigenvalue weighted by Gasteiger charge is 2.12. The molecular formula is C10H23OSi. The van der Waals surface area contributed by atoms with Crippen molar-refractivity contribution in [1.29, 1.82) is 0 Å². The molecule has 0 unspecified atom stereocenters. The summed E-state index contributed by atoms with van der Waals surface area (Å²) in [5.74, 6) is 0. The molecule has 0 aromatic heterocycles. The Bertz CT molecular complexity index is 96.5. The van der Waals surface area contributed by atoms with Gasteiger partial charge in [0.1, 0.15) is 0 Å². The molecule has 0 aliphatic heterocycles. The van der Waals surface area contributed by atoms with Crippen molar-refractivity contribution in [3.8, 4) is 0 Å². The van der Waals surface area contributed by atoms with Gasteiger partial charge in [-0.3, -0.25) is 0 Å². The van der Waals surface area contributed by atoms with Crippen molar-refractivity contribution in [2.24, 2.45) is 0 Å². The van der Waals surface area contributed by atoms with Gasteiger partial charge in [-0.1, -0.05) is 45.8 Å². The van der Waals surface area contributed by atoms with Crippen LogP contribution in [0.1, 0.15) is 32.6 Å². The van der Waals surface area contributed by atoms with Crippen LogP contribution in [0.15, 0.2) is 0 Å². The Morgan fingerprint density at radius 2 is 1.83 bits per heavy atom. The van der Waals surface area contributed by atoms with Gasteiger partial charge in [-0.2, -0.15) is 0 Å². The number of hydrogen-bond donors (Lipinski definition) is 0. The van der Waals surface area contributed by atoms with Gasteiger partial charge in [0, 0.05) is 6.23 Å². The quantitative estimate of drug-likeness (QED) is 0.437. The zero-order valence-electron chi connectivity index (χ0n) is 9.02. The van der Waals surface area contributed by atoms with E-state index in [1.165, 1.54) is 19.3 Å². The normalized spacial score (nSPS) is 12.0. The lowest BCUT2D eigenvalue weighted by Crippen LogP contribution is -2.27. The molecule has 0 aliphatic carbocycles. The van der Waals surface area contributed by atoms with E-state index in [0.29, 0.717) is 0 Å². The highest BCUT2D eigenvalue weighted by atomic mass is 28.3. The molecule has 12 heavy (non-hydrogen) atoms. The first-order chi connectivity index (χ1) is 5.56. The second-order valence-electron chi connectivity index (χ2n) is 4.53. The fraction of sp³-hybridized carbons (Fsp3) is 0.900. The van der Waals surface area contributed by atoms with Crippen LogP contribution in [-0.2, 0) is 4.74 Å². The number of hydrogen-bond acceptors (Lipinski definition) is 1. The van der Waals surface area contributed by atoms with E-state index < -0.39 is 8.07 Å². The van der Waals surface area contributed by atoms with Gasteiger partial charge in [0.2, 0.25) is 0 Å². The standard InChI is InChI=1S/C10H23OSi/c1-5-6-7-8-9-11-10-12(2,3)4/h9H,5-8,10H2,1-4H3. The summed E-state index contributed by atoms with van der Waals surface area (Å²) in [5, 5.41) is 0. The van der Waals surface area contributed by atoms with Crippen LogP contribution in [0.3, 0.4) is 0 Å². The summed E-state index contributed by atoms with van der Waals surface area (Å²) in [5.41, 5.74) is 0. The number of ether oxygens (including phenoxy) is 1. The summed E-state index contributed by atoms with van der Waals surface area (Å²) in [6.45, 7) is 11.2. The molecule has 0 aromatic carbocycles. The summed E-state index contributed by atoms with van der Waals surface area (Å²) in [6.07, 6.45) is 5.99. The maximum Gasteiger partial charge on any atom is 0.0832 e. The van der Waals surface area contributed by atoms with Gasteiger partial charge in [0.05, 0.1) is 14.7 Å². The zero-order chi connectivity index (χ0) is 9.45. The molecule has 0 rings (SSSR count). The van der Waals surface area contributed by atoms with E-state index >= 15 is 0 Å².